The molecule has 0 amide bonds. The molecule has 0 radical (unpaired) electrons. The third-order valence-corrected chi connectivity index (χ3v) is 2.95. The predicted molar refractivity (Wildman–Crippen MR) is 51.9 cm³/mol. The van der Waals surface area contributed by atoms with Crippen LogP contribution < -0.4 is 0 Å². The Morgan fingerprint density at radius 1 is 1.82 bits per heavy atom. The molecular weight excluding hydrogens is 255 g/mol. The summed E-state index contributed by atoms with van der Waals surface area (Å²) in [6.45, 7) is 1.97. The summed E-state index contributed by atoms with van der Waals surface area (Å²) in [6.07, 6.45) is 6.13. The minimum Gasteiger partial charge on any atom is -0.480 e. The first-order valence-electron chi connectivity index (χ1n) is 3.33. The molecule has 60 valence electrons. The molecule has 0 heterocycles. The summed E-state index contributed by atoms with van der Waals surface area (Å²) in [7, 11) is 0. The molecule has 1 unspecified atom stereocenters. The summed E-state index contributed by atoms with van der Waals surface area (Å²) in [4.78, 5) is 10.7. The van der Waals surface area contributed by atoms with Gasteiger partial charge in [0.2, 0.25) is 0 Å². The van der Waals surface area contributed by atoms with E-state index < -0.39 is 9.39 Å². The van der Waals surface area contributed by atoms with Crippen LogP contribution in [0.25, 0.3) is 0 Å². The molecule has 1 N–H and O–H groups in total. The molecule has 0 aliphatic heterocycles. The number of aliphatic carboxylic acids is 1. The molecule has 0 bridgehead atoms. The average Bonchev–Trinajstić information content (AvgIpc) is 1.95. The van der Waals surface area contributed by atoms with Gasteiger partial charge in [0.1, 0.15) is 3.42 Å². The lowest BCUT2D eigenvalue weighted by Crippen LogP contribution is -2.29. The van der Waals surface area contributed by atoms with Crippen molar-refractivity contribution in [2.75, 3.05) is 0 Å². The molecule has 1 rings (SSSR count). The topological polar surface area (TPSA) is 37.3 Å². The standard InChI is InChI=1S/C8H9IO2/c1-6-2-4-8(9,5-3-6)7(10)11/h2-4H,5H2,1H3,(H,10,11). The maximum atomic E-state index is 10.7. The van der Waals surface area contributed by atoms with Crippen molar-refractivity contribution in [3.8, 4) is 0 Å². The third-order valence-electron chi connectivity index (χ3n) is 1.69. The Hall–Kier alpha value is -0.320. The quantitative estimate of drug-likeness (QED) is 0.582. The smallest absolute Gasteiger partial charge is 0.323 e. The Kier molecular flexibility index (Phi) is 2.37. The number of carbonyl (C=O) groups is 1. The number of halogens is 1. The molecule has 0 fully saturated rings. The molecule has 0 saturated carbocycles. The van der Waals surface area contributed by atoms with Gasteiger partial charge in [0, 0.05) is 0 Å². The molecule has 0 aromatic heterocycles. The monoisotopic (exact) mass is 264 g/mol. The van der Waals surface area contributed by atoms with Crippen LogP contribution in [0.2, 0.25) is 0 Å². The Balaban J connectivity index is 2.82. The maximum absolute atomic E-state index is 10.7. The van der Waals surface area contributed by atoms with Gasteiger partial charge in [-0.15, -0.1) is 0 Å². The molecule has 11 heavy (non-hydrogen) atoms. The fourth-order valence-corrected chi connectivity index (χ4v) is 1.27. The van der Waals surface area contributed by atoms with Gasteiger partial charge in [-0.25, -0.2) is 0 Å². The van der Waals surface area contributed by atoms with Gasteiger partial charge >= 0.3 is 5.97 Å². The summed E-state index contributed by atoms with van der Waals surface area (Å²) in [5.74, 6) is -0.766. The van der Waals surface area contributed by atoms with Crippen LogP contribution in [0.5, 0.6) is 0 Å². The highest BCUT2D eigenvalue weighted by Gasteiger charge is 2.32. The number of allylic oxidation sites excluding steroid dienone is 3. The molecule has 0 aromatic rings. The molecule has 0 saturated heterocycles. The molecule has 1 aliphatic carbocycles. The first-order chi connectivity index (χ1) is 5.04. The second-order valence-electron chi connectivity index (χ2n) is 2.65. The van der Waals surface area contributed by atoms with Crippen molar-refractivity contribution in [3.63, 3.8) is 0 Å². The van der Waals surface area contributed by atoms with Crippen molar-refractivity contribution >= 4 is 28.6 Å². The van der Waals surface area contributed by atoms with Gasteiger partial charge in [-0.1, -0.05) is 46.4 Å². The Bertz CT molecular complexity index is 242. The predicted octanol–water partition coefficient (Wildman–Crippen LogP) is 2.15. The largest absolute Gasteiger partial charge is 0.480 e. The van der Waals surface area contributed by atoms with Gasteiger partial charge in [0.15, 0.2) is 0 Å². The zero-order valence-corrected chi connectivity index (χ0v) is 8.33. The normalized spacial score (nSPS) is 29.8. The van der Waals surface area contributed by atoms with Crippen LogP contribution in [0, 0.1) is 0 Å². The van der Waals surface area contributed by atoms with Crippen molar-refractivity contribution in [2.45, 2.75) is 16.8 Å². The lowest BCUT2D eigenvalue weighted by molar-refractivity contribution is -0.137. The molecule has 1 atom stereocenters. The van der Waals surface area contributed by atoms with Crippen molar-refractivity contribution < 1.29 is 9.90 Å². The molecule has 0 aromatic carbocycles. The van der Waals surface area contributed by atoms with Crippen molar-refractivity contribution in [2.24, 2.45) is 0 Å². The molecule has 3 heteroatoms. The van der Waals surface area contributed by atoms with Gasteiger partial charge in [0.05, 0.1) is 0 Å². The zero-order valence-electron chi connectivity index (χ0n) is 6.17. The van der Waals surface area contributed by atoms with Crippen LogP contribution in [-0.2, 0) is 4.79 Å². The van der Waals surface area contributed by atoms with Crippen LogP contribution in [0.15, 0.2) is 23.8 Å². The van der Waals surface area contributed by atoms with Crippen molar-refractivity contribution in [1.29, 1.82) is 0 Å². The number of alkyl halides is 1. The molecular formula is C8H9IO2. The fourth-order valence-electron chi connectivity index (χ4n) is 0.868. The van der Waals surface area contributed by atoms with E-state index in [4.69, 9.17) is 5.11 Å². The van der Waals surface area contributed by atoms with Gasteiger partial charge in [-0.2, -0.15) is 0 Å². The maximum Gasteiger partial charge on any atom is 0.323 e. The number of rotatable bonds is 1. The first-order valence-corrected chi connectivity index (χ1v) is 4.41. The van der Waals surface area contributed by atoms with E-state index in [1.165, 1.54) is 0 Å². The van der Waals surface area contributed by atoms with Gasteiger partial charge in [0.25, 0.3) is 0 Å². The number of hydrogen-bond donors (Lipinski definition) is 1. The summed E-state index contributed by atoms with van der Waals surface area (Å²) in [5, 5.41) is 8.80. The van der Waals surface area contributed by atoms with E-state index in [0.717, 1.165) is 5.57 Å². The van der Waals surface area contributed by atoms with E-state index in [9.17, 15) is 4.79 Å². The number of carboxylic acid groups (broad SMARTS) is 1. The van der Waals surface area contributed by atoms with Gasteiger partial charge in [-0.05, 0) is 13.3 Å². The fraction of sp³-hybridized carbons (Fsp3) is 0.375. The second kappa shape index (κ2) is 2.97. The Morgan fingerprint density at radius 2 is 2.45 bits per heavy atom. The van der Waals surface area contributed by atoms with Crippen LogP contribution in [0.4, 0.5) is 0 Å². The van der Waals surface area contributed by atoms with Crippen LogP contribution in [-0.4, -0.2) is 14.5 Å². The van der Waals surface area contributed by atoms with Crippen LogP contribution in [0.1, 0.15) is 13.3 Å². The van der Waals surface area contributed by atoms with Gasteiger partial charge < -0.3 is 5.11 Å². The Labute approximate surface area is 79.1 Å². The van der Waals surface area contributed by atoms with Crippen molar-refractivity contribution in [3.05, 3.63) is 23.8 Å². The summed E-state index contributed by atoms with van der Waals surface area (Å²) >= 11 is 1.96. The zero-order chi connectivity index (χ0) is 8.48. The van der Waals surface area contributed by atoms with E-state index in [-0.39, 0.29) is 0 Å². The minimum absolute atomic E-state index is 0.589. The van der Waals surface area contributed by atoms with Crippen LogP contribution >= 0.6 is 22.6 Å². The number of hydrogen-bond acceptors (Lipinski definition) is 1. The number of carboxylic acids is 1. The lowest BCUT2D eigenvalue weighted by Gasteiger charge is -2.19. The molecule has 2 nitrogen and oxygen atoms in total. The third kappa shape index (κ3) is 1.83. The summed E-state index contributed by atoms with van der Waals surface area (Å²) < 4.78 is -0.711. The van der Waals surface area contributed by atoms with E-state index >= 15 is 0 Å². The summed E-state index contributed by atoms with van der Waals surface area (Å²) in [5.41, 5.74) is 1.14. The van der Waals surface area contributed by atoms with E-state index in [0.29, 0.717) is 6.42 Å². The van der Waals surface area contributed by atoms with Crippen molar-refractivity contribution in [1.82, 2.24) is 0 Å². The highest BCUT2D eigenvalue weighted by atomic mass is 127. The molecule has 0 spiro atoms. The molecule has 1 aliphatic rings. The highest BCUT2D eigenvalue weighted by Crippen LogP contribution is 2.30. The Morgan fingerprint density at radius 3 is 2.82 bits per heavy atom. The second-order valence-corrected chi connectivity index (χ2v) is 4.58. The van der Waals surface area contributed by atoms with E-state index in [2.05, 4.69) is 0 Å². The highest BCUT2D eigenvalue weighted by molar-refractivity contribution is 14.1. The van der Waals surface area contributed by atoms with Gasteiger partial charge in [-0.3, -0.25) is 4.79 Å². The SMILES string of the molecule is CC1=CCC(I)(C(=O)O)C=C1. The first kappa shape index (κ1) is 8.77. The van der Waals surface area contributed by atoms with E-state index in [1.807, 2.05) is 41.7 Å². The minimum atomic E-state index is -0.766. The van der Waals surface area contributed by atoms with E-state index in [1.54, 1.807) is 6.08 Å². The summed E-state index contributed by atoms with van der Waals surface area (Å²) in [6, 6.07) is 0. The van der Waals surface area contributed by atoms with Crippen LogP contribution in [0.3, 0.4) is 0 Å². The lowest BCUT2D eigenvalue weighted by atomic mass is 9.98. The average molecular weight is 264 g/mol.